The van der Waals surface area contributed by atoms with Gasteiger partial charge < -0.3 is 53.5 Å². The molecule has 0 aliphatic carbocycles. The minimum absolute atomic E-state index is 0.0419. The van der Waals surface area contributed by atoms with Crippen LogP contribution in [0.4, 0.5) is 5.13 Å². The van der Waals surface area contributed by atoms with E-state index >= 15 is 0 Å². The average molecular weight is 2050 g/mol. The van der Waals surface area contributed by atoms with Crippen LogP contribution < -0.4 is 48.4 Å². The van der Waals surface area contributed by atoms with Crippen molar-refractivity contribution in [3.63, 3.8) is 0 Å². The molecule has 0 aliphatic heterocycles. The second-order valence-electron chi connectivity index (χ2n) is 30.9. The topological polar surface area (TPSA) is 219 Å². The number of anilines is 1. The molecule has 3 heterocycles. The highest BCUT2D eigenvalue weighted by Gasteiger charge is 2.19. The molecule has 3 aromatic heterocycles. The van der Waals surface area contributed by atoms with Gasteiger partial charge in [-0.25, -0.2) is 9.97 Å². The fourth-order valence-corrected chi connectivity index (χ4v) is 14.8. The van der Waals surface area contributed by atoms with E-state index in [1.165, 1.54) is 22.7 Å². The van der Waals surface area contributed by atoms with Crippen LogP contribution in [0.3, 0.4) is 0 Å². The van der Waals surface area contributed by atoms with Gasteiger partial charge in [-0.05, 0) is 382 Å². The van der Waals surface area contributed by atoms with E-state index in [1.54, 1.807) is 55.7 Å². The van der Waals surface area contributed by atoms with Gasteiger partial charge in [-0.3, -0.25) is 19.4 Å². The summed E-state index contributed by atoms with van der Waals surface area (Å²) in [6.07, 6.45) is 4.37. The molecule has 0 spiro atoms. The summed E-state index contributed by atoms with van der Waals surface area (Å²) in [5.74, 6) is 10.8. The molecule has 23 heteroatoms. The number of hydrogen-bond acceptors (Lipinski definition) is 19. The van der Waals surface area contributed by atoms with Gasteiger partial charge >= 0.3 is 0 Å². The van der Waals surface area contributed by atoms with E-state index in [9.17, 15) is 14.4 Å². The van der Waals surface area contributed by atoms with Gasteiger partial charge in [-0.15, -0.1) is 22.7 Å². The van der Waals surface area contributed by atoms with E-state index in [0.29, 0.717) is 21.8 Å². The molecule has 13 rings (SSSR count). The van der Waals surface area contributed by atoms with Crippen LogP contribution in [0.15, 0.2) is 238 Å². The van der Waals surface area contributed by atoms with Crippen LogP contribution >= 0.6 is 93.1 Å². The van der Waals surface area contributed by atoms with Crippen molar-refractivity contribution in [1.82, 2.24) is 15.0 Å². The Morgan fingerprint density at radius 2 is 0.651 bits per heavy atom. The molecule has 0 aliphatic rings. The molecule has 126 heavy (non-hydrogen) atoms. The molecule has 3 N–H and O–H groups in total. The number of alkyl halides is 2. The number of rotatable bonds is 26. The lowest BCUT2D eigenvalue weighted by molar-refractivity contribution is 0.0988. The van der Waals surface area contributed by atoms with E-state index < -0.39 is 0 Å². The highest BCUT2D eigenvalue weighted by Crippen LogP contribution is 2.38. The highest BCUT2D eigenvalue weighted by atomic mass is 127. The first-order valence-corrected chi connectivity index (χ1v) is 46.9. The lowest BCUT2D eigenvalue weighted by Crippen LogP contribution is -2.06. The predicted molar refractivity (Wildman–Crippen MR) is 535 cm³/mol. The van der Waals surface area contributed by atoms with Gasteiger partial charge in [0.15, 0.2) is 22.5 Å². The molecule has 10 aromatic carbocycles. The number of carbonyl (C=O) groups excluding carboxylic acids is 3. The van der Waals surface area contributed by atoms with Gasteiger partial charge in [0.2, 0.25) is 0 Å². The zero-order chi connectivity index (χ0) is 92.4. The largest absolute Gasteiger partial charge is 0.508 e. The lowest BCUT2D eigenvalue weighted by atomic mass is 9.99. The molecule has 17 nitrogen and oxygen atoms in total. The number of hydrogen-bond donors (Lipinski definition) is 2. The smallest absolute Gasteiger partial charge is 0.180 e. The van der Waals surface area contributed by atoms with Crippen molar-refractivity contribution < 1.29 is 62.1 Å². The van der Waals surface area contributed by atoms with E-state index in [4.69, 9.17) is 58.5 Å². The number of thiazole rings is 2. The number of phenolic OH excluding ortho intramolecular Hbond substituents is 1. The number of nitrogens with zero attached hydrogens (tertiary/aromatic N) is 3. The minimum atomic E-state index is 0.0419. The molecule has 0 bridgehead atoms. The standard InChI is InChI=1S/C27H26N2O3S.C20H22N2O2S.C19H21BrO3.C19H22O3.C9H11BrO.C6H5BrO.C3H7I/c1-17(2)31-21-5-7-22(8-6-21)32-23-13-18(3)27(19(4)14-23)24-16-33-26(29-24)15-25(30)20-9-11-28-12-10-20;1-12(2)23-15-5-7-16(8-6-15)24-17-9-13(3)19(14(4)10-17)18-11-25-20(21)22-18;1-12(2)22-15-5-7-16(8-6-15)23-17-9-13(3)19(14(4)10-17)18(21)11-20;1-12(2)21-16-6-8-17(9-7-16)22-18-10-13(3)19(15(5)20)14(4)11-18;1-7(2)11-9-5-3-8(10)4-6-9;7-5-1-3-6(8)4-2-5;1-3(2)4/h5-14,16-17H,15H2,1-4H3;5-12H,1-4H3,(H2,21,22);5-10,12H,11H2,1-4H3;6-12H,1-5H3;3-7H,1-2H3;1-4,8H;3H,1-2H3. The van der Waals surface area contributed by atoms with Crippen LogP contribution in [-0.2, 0) is 6.42 Å². The number of aromatic hydroxyl groups is 1. The molecule has 0 saturated carbocycles. The summed E-state index contributed by atoms with van der Waals surface area (Å²) in [6, 6.07) is 64.1. The first-order chi connectivity index (χ1) is 59.8. The molecule has 0 atom stereocenters. The summed E-state index contributed by atoms with van der Waals surface area (Å²) >= 11 is 15.1. The molecule has 0 saturated heterocycles. The van der Waals surface area contributed by atoms with Gasteiger partial charge in [-0.1, -0.05) is 84.2 Å². The van der Waals surface area contributed by atoms with Gasteiger partial charge in [0, 0.05) is 63.8 Å². The number of halogens is 4. The number of aryl methyl sites for hydroxylation is 8. The third-order valence-electron chi connectivity index (χ3n) is 17.4. The quantitative estimate of drug-likeness (QED) is 0.0292. The molecule has 0 unspecified atom stereocenters. The van der Waals surface area contributed by atoms with Crippen molar-refractivity contribution in [2.75, 3.05) is 11.1 Å². The molecular weight excluding hydrogens is 1930 g/mol. The molecule has 0 amide bonds. The van der Waals surface area contributed by atoms with E-state index in [-0.39, 0.29) is 54.3 Å². The van der Waals surface area contributed by atoms with Gasteiger partial charge in [0.1, 0.15) is 85.5 Å². The molecule has 0 fully saturated rings. The number of aromatic nitrogens is 3. The first-order valence-electron chi connectivity index (χ1n) is 41.2. The predicted octanol–water partition coefficient (Wildman–Crippen LogP) is 30.2. The third kappa shape index (κ3) is 35.4. The number of nitrogens with two attached hydrogens (primary N) is 1. The number of phenols is 1. The Morgan fingerprint density at radius 3 is 0.929 bits per heavy atom. The number of carbonyl (C=O) groups is 3. The number of Topliss-reactive ketones (excluding diaryl/α,β-unsaturated/α-hetero) is 3. The Balaban J connectivity index is 0.000000214. The molecule has 13 aromatic rings. The lowest BCUT2D eigenvalue weighted by Gasteiger charge is -2.13. The van der Waals surface area contributed by atoms with E-state index in [0.717, 1.165) is 171 Å². The fourth-order valence-electron chi connectivity index (χ4n) is 12.7. The number of pyridine rings is 1. The number of ketones is 3. The van der Waals surface area contributed by atoms with Crippen molar-refractivity contribution in [1.29, 1.82) is 0 Å². The Labute approximate surface area is 790 Å². The average Bonchev–Trinajstić information content (AvgIpc) is 1.57. The Kier molecular flexibility index (Phi) is 41.9. The summed E-state index contributed by atoms with van der Waals surface area (Å²) in [6.45, 7) is 41.8. The van der Waals surface area contributed by atoms with Crippen molar-refractivity contribution in [3.8, 4) is 103 Å². The number of nitrogen functional groups attached to an aromatic ring is 1. The maximum atomic E-state index is 12.5. The van der Waals surface area contributed by atoms with Gasteiger partial charge in [0.05, 0.1) is 53.7 Å². The minimum Gasteiger partial charge on any atom is -0.508 e. The summed E-state index contributed by atoms with van der Waals surface area (Å²) in [5, 5.41) is 14.4. The van der Waals surface area contributed by atoms with Crippen LogP contribution in [0.2, 0.25) is 0 Å². The summed E-state index contributed by atoms with van der Waals surface area (Å²) < 4.78 is 54.7. The monoisotopic (exact) mass is 2040 g/mol. The second-order valence-corrected chi connectivity index (χ2v) is 37.7. The van der Waals surface area contributed by atoms with Crippen molar-refractivity contribution in [2.45, 2.75) is 186 Å². The Morgan fingerprint density at radius 1 is 0.381 bits per heavy atom. The van der Waals surface area contributed by atoms with Gasteiger partial charge in [0.25, 0.3) is 0 Å². The fraction of sp³-hybridized carbons (Fsp3) is 0.282. The normalized spacial score (nSPS) is 10.6. The zero-order valence-corrected chi connectivity index (χ0v) is 84.0. The summed E-state index contributed by atoms with van der Waals surface area (Å²) in [4.78, 5) is 49.2. The molecular formula is C103H114Br3IN4O13S2. The first kappa shape index (κ1) is 103. The summed E-state index contributed by atoms with van der Waals surface area (Å²) in [7, 11) is 0. The van der Waals surface area contributed by atoms with E-state index in [2.05, 4.69) is 122 Å². The van der Waals surface area contributed by atoms with Crippen LogP contribution in [0, 0.1) is 55.4 Å². The van der Waals surface area contributed by atoms with Crippen LogP contribution in [-0.4, -0.2) is 77.2 Å². The number of ether oxygens (including phenoxy) is 9. The maximum Gasteiger partial charge on any atom is 0.180 e. The van der Waals surface area contributed by atoms with Crippen LogP contribution in [0.5, 0.6) is 80.5 Å². The Bertz CT molecular complexity index is 5480. The zero-order valence-electron chi connectivity index (χ0n) is 75.4. The Hall–Kier alpha value is -10.4. The molecule has 664 valence electrons. The van der Waals surface area contributed by atoms with Crippen molar-refractivity contribution in [2.24, 2.45) is 0 Å². The van der Waals surface area contributed by atoms with Crippen LogP contribution in [0.1, 0.15) is 171 Å². The number of benzene rings is 10. The molecule has 0 radical (unpaired) electrons. The van der Waals surface area contributed by atoms with Crippen molar-refractivity contribution >= 4 is 116 Å². The van der Waals surface area contributed by atoms with Crippen LogP contribution in [0.25, 0.3) is 22.5 Å². The summed E-state index contributed by atoms with van der Waals surface area (Å²) in [5.41, 5.74) is 20.0. The van der Waals surface area contributed by atoms with Gasteiger partial charge in [-0.2, -0.15) is 0 Å². The van der Waals surface area contributed by atoms with Crippen molar-refractivity contribution in [3.05, 3.63) is 305 Å². The van der Waals surface area contributed by atoms with E-state index in [1.807, 2.05) is 278 Å². The SMILES string of the molecule is CC(=O)c1c(C)cc(Oc2ccc(OC(C)C)cc2)cc1C.CC(C)I.CC(C)Oc1ccc(Br)cc1.Cc1cc(Oc2ccc(OC(C)C)cc2)cc(C)c1-c1csc(CC(=O)c2ccncc2)n1.Cc1cc(Oc2ccc(OC(C)C)cc2)cc(C)c1-c1csc(N)n1.Cc1cc(Oc2ccc(OC(C)C)cc2)cc(C)c1C(=O)CBr.Oc1ccc(Br)cc1. The highest BCUT2D eigenvalue weighted by molar-refractivity contribution is 14.1. The maximum absolute atomic E-state index is 12.5. The third-order valence-corrected chi connectivity index (χ3v) is 20.5. The second kappa shape index (κ2) is 51.4.